The highest BCUT2D eigenvalue weighted by atomic mass is 32.1. The van der Waals surface area contributed by atoms with E-state index in [2.05, 4.69) is 20.5 Å². The molecule has 0 spiro atoms. The van der Waals surface area contributed by atoms with Crippen LogP contribution in [0.2, 0.25) is 0 Å². The van der Waals surface area contributed by atoms with Crippen LogP contribution < -0.4 is 0 Å². The molecule has 0 aromatic carbocycles. The zero-order chi connectivity index (χ0) is 10.1. The van der Waals surface area contributed by atoms with Gasteiger partial charge in [0.25, 0.3) is 0 Å². The van der Waals surface area contributed by atoms with Crippen molar-refractivity contribution in [1.82, 2.24) is 30.0 Å². The Bertz CT molecular complexity index is 489. The summed E-state index contributed by atoms with van der Waals surface area (Å²) in [7, 11) is 0. The number of hydrogen-bond donors (Lipinski definition) is 0. The second-order valence-corrected chi connectivity index (χ2v) is 3.55. The highest BCUT2D eigenvalue weighted by molar-refractivity contribution is 7.07. The smallest absolute Gasteiger partial charge is 0.224 e. The van der Waals surface area contributed by atoms with Crippen molar-refractivity contribution in [3.63, 3.8) is 0 Å². The summed E-state index contributed by atoms with van der Waals surface area (Å²) in [5.41, 5.74) is 2.53. The fourth-order valence-corrected chi connectivity index (χ4v) is 1.80. The predicted octanol–water partition coefficient (Wildman–Crippen LogP) is 0.909. The second-order valence-electron chi connectivity index (χ2n) is 2.83. The minimum Gasteiger partial charge on any atom is -0.245 e. The van der Waals surface area contributed by atoms with Crippen molar-refractivity contribution in [2.45, 2.75) is 0 Å². The molecule has 0 aliphatic rings. The van der Waals surface area contributed by atoms with Gasteiger partial charge in [0.1, 0.15) is 5.69 Å². The van der Waals surface area contributed by atoms with E-state index in [4.69, 9.17) is 0 Å². The van der Waals surface area contributed by atoms with E-state index >= 15 is 0 Å². The van der Waals surface area contributed by atoms with Crippen LogP contribution in [-0.2, 0) is 0 Å². The first-order valence-corrected chi connectivity index (χ1v) is 5.20. The molecule has 0 aliphatic carbocycles. The molecule has 0 bridgehead atoms. The number of tetrazole rings is 1. The van der Waals surface area contributed by atoms with E-state index < -0.39 is 0 Å². The van der Waals surface area contributed by atoms with Gasteiger partial charge in [-0.1, -0.05) is 0 Å². The molecule has 0 N–H and O–H groups in total. The van der Waals surface area contributed by atoms with Crippen molar-refractivity contribution in [3.05, 3.63) is 35.4 Å². The van der Waals surface area contributed by atoms with Gasteiger partial charge < -0.3 is 0 Å². The average Bonchev–Trinajstić information content (AvgIpc) is 3.01. The van der Waals surface area contributed by atoms with Crippen LogP contribution in [0.5, 0.6) is 0 Å². The Morgan fingerprint density at radius 2 is 2.07 bits per heavy atom. The summed E-state index contributed by atoms with van der Waals surface area (Å²) >= 11 is 1.51. The molecule has 0 unspecified atom stereocenters. The lowest BCUT2D eigenvalue weighted by molar-refractivity contribution is 0.557. The molecule has 3 aromatic heterocycles. The molecule has 0 saturated heterocycles. The lowest BCUT2D eigenvalue weighted by Crippen LogP contribution is -2.10. The third-order valence-corrected chi connectivity index (χ3v) is 2.51. The minimum absolute atomic E-state index is 0.632. The fraction of sp³-hybridized carbons (Fsp3) is 0. The maximum absolute atomic E-state index is 4.17. The normalized spacial score (nSPS) is 10.7. The molecule has 6 nitrogen and oxygen atoms in total. The molecule has 3 heterocycles. The highest BCUT2D eigenvalue weighted by Gasteiger charge is 2.10. The Kier molecular flexibility index (Phi) is 1.82. The summed E-state index contributed by atoms with van der Waals surface area (Å²) in [5.74, 6) is 0.632. The molecule has 0 atom stereocenters. The minimum atomic E-state index is 0.632. The maximum atomic E-state index is 4.17. The van der Waals surface area contributed by atoms with Crippen LogP contribution in [0.1, 0.15) is 0 Å². The third kappa shape index (κ3) is 1.33. The van der Waals surface area contributed by atoms with Crippen LogP contribution in [0.15, 0.2) is 35.4 Å². The van der Waals surface area contributed by atoms with Gasteiger partial charge in [-0.2, -0.15) is 0 Å². The quantitative estimate of drug-likeness (QED) is 0.641. The molecular formula is C8H6N6S. The van der Waals surface area contributed by atoms with E-state index in [9.17, 15) is 0 Å². The zero-order valence-corrected chi connectivity index (χ0v) is 8.37. The first-order chi connectivity index (χ1) is 7.45. The van der Waals surface area contributed by atoms with Gasteiger partial charge in [0, 0.05) is 17.8 Å². The van der Waals surface area contributed by atoms with Crippen LogP contribution in [0.3, 0.4) is 0 Å². The van der Waals surface area contributed by atoms with E-state index in [1.54, 1.807) is 15.0 Å². The van der Waals surface area contributed by atoms with Crippen LogP contribution in [-0.4, -0.2) is 30.0 Å². The first-order valence-electron chi connectivity index (χ1n) is 4.26. The first kappa shape index (κ1) is 8.30. The average molecular weight is 218 g/mol. The van der Waals surface area contributed by atoms with Crippen LogP contribution in [0.4, 0.5) is 0 Å². The SMILES string of the molecule is c1ccn(-n2nnnc2-c2cscn2)c1. The van der Waals surface area contributed by atoms with Crippen molar-refractivity contribution in [3.8, 4) is 11.5 Å². The van der Waals surface area contributed by atoms with Crippen molar-refractivity contribution >= 4 is 11.3 Å². The van der Waals surface area contributed by atoms with E-state index in [1.807, 2.05) is 29.9 Å². The largest absolute Gasteiger partial charge is 0.245 e. The third-order valence-electron chi connectivity index (χ3n) is 1.92. The number of hydrogen-bond acceptors (Lipinski definition) is 5. The molecule has 0 aliphatic heterocycles. The van der Waals surface area contributed by atoms with E-state index in [-0.39, 0.29) is 0 Å². The van der Waals surface area contributed by atoms with Gasteiger partial charge in [-0.15, -0.1) is 21.2 Å². The monoisotopic (exact) mass is 218 g/mol. The summed E-state index contributed by atoms with van der Waals surface area (Å²) in [6.07, 6.45) is 3.73. The van der Waals surface area contributed by atoms with Crippen molar-refractivity contribution in [2.24, 2.45) is 0 Å². The Morgan fingerprint density at radius 3 is 2.80 bits per heavy atom. The zero-order valence-electron chi connectivity index (χ0n) is 7.56. The van der Waals surface area contributed by atoms with Crippen molar-refractivity contribution in [1.29, 1.82) is 0 Å². The van der Waals surface area contributed by atoms with Gasteiger partial charge in [0.15, 0.2) is 0 Å². The Labute approximate surface area is 88.8 Å². The molecule has 0 amide bonds. The van der Waals surface area contributed by atoms with Crippen LogP contribution in [0, 0.1) is 0 Å². The van der Waals surface area contributed by atoms with Crippen molar-refractivity contribution < 1.29 is 0 Å². The van der Waals surface area contributed by atoms with Crippen molar-refractivity contribution in [2.75, 3.05) is 0 Å². The second kappa shape index (κ2) is 3.28. The lowest BCUT2D eigenvalue weighted by Gasteiger charge is -2.02. The summed E-state index contributed by atoms with van der Waals surface area (Å²) in [6.45, 7) is 0. The molecule has 0 radical (unpaired) electrons. The Balaban J connectivity index is 2.15. The van der Waals surface area contributed by atoms with Crippen LogP contribution >= 0.6 is 11.3 Å². The van der Waals surface area contributed by atoms with E-state index in [0.29, 0.717) is 5.82 Å². The fourth-order valence-electron chi connectivity index (χ4n) is 1.27. The van der Waals surface area contributed by atoms with Gasteiger partial charge in [-0.05, 0) is 22.6 Å². The molecule has 74 valence electrons. The van der Waals surface area contributed by atoms with E-state index in [0.717, 1.165) is 5.69 Å². The highest BCUT2D eigenvalue weighted by Crippen LogP contribution is 2.14. The molecule has 7 heteroatoms. The van der Waals surface area contributed by atoms with Crippen LogP contribution in [0.25, 0.3) is 11.5 Å². The molecule has 3 aromatic rings. The van der Waals surface area contributed by atoms with Gasteiger partial charge >= 0.3 is 0 Å². The molecule has 15 heavy (non-hydrogen) atoms. The summed E-state index contributed by atoms with van der Waals surface area (Å²) in [5, 5.41) is 13.4. The van der Waals surface area contributed by atoms with Gasteiger partial charge in [0.2, 0.25) is 5.82 Å². The predicted molar refractivity (Wildman–Crippen MR) is 54.2 cm³/mol. The summed E-state index contributed by atoms with van der Waals surface area (Å²) in [6, 6.07) is 3.82. The summed E-state index contributed by atoms with van der Waals surface area (Å²) < 4.78 is 1.79. The Morgan fingerprint density at radius 1 is 1.20 bits per heavy atom. The summed E-state index contributed by atoms with van der Waals surface area (Å²) in [4.78, 5) is 5.76. The molecule has 3 rings (SSSR count). The number of thiazole rings is 1. The molecule has 0 saturated carbocycles. The number of aromatic nitrogens is 6. The topological polar surface area (TPSA) is 61.4 Å². The van der Waals surface area contributed by atoms with Gasteiger partial charge in [0.05, 0.1) is 5.51 Å². The van der Waals surface area contributed by atoms with E-state index in [1.165, 1.54) is 11.3 Å². The number of nitrogens with zero attached hydrogens (tertiary/aromatic N) is 6. The lowest BCUT2D eigenvalue weighted by atomic mass is 10.5. The molecule has 0 fully saturated rings. The number of rotatable bonds is 2. The van der Waals surface area contributed by atoms with Gasteiger partial charge in [-0.25, -0.2) is 9.66 Å². The standard InChI is InChI=1S/C8H6N6S/c1-2-4-13(3-1)14-8(10-11-12-14)7-5-15-6-9-7/h1-6H. The van der Waals surface area contributed by atoms with Gasteiger partial charge in [-0.3, -0.25) is 0 Å². The maximum Gasteiger partial charge on any atom is 0.224 e. The molecular weight excluding hydrogens is 212 g/mol. The Hall–Kier alpha value is -2.02.